The zero-order valence-corrected chi connectivity index (χ0v) is 14.6. The molecule has 0 radical (unpaired) electrons. The van der Waals surface area contributed by atoms with Crippen molar-refractivity contribution in [2.75, 3.05) is 7.11 Å². The van der Waals surface area contributed by atoms with Gasteiger partial charge in [0.2, 0.25) is 0 Å². The number of hydrogen-bond donors (Lipinski definition) is 0. The highest BCUT2D eigenvalue weighted by molar-refractivity contribution is 6.32. The number of hydrogen-bond acceptors (Lipinski definition) is 5. The van der Waals surface area contributed by atoms with Gasteiger partial charge in [0.25, 0.3) is 11.6 Å². The van der Waals surface area contributed by atoms with Crippen LogP contribution in [0.5, 0.6) is 0 Å². The van der Waals surface area contributed by atoms with Gasteiger partial charge in [-0.2, -0.15) is 0 Å². The number of ether oxygens (including phenoxy) is 1. The van der Waals surface area contributed by atoms with Crippen LogP contribution in [-0.2, 0) is 4.74 Å². The number of rotatable bonds is 3. The van der Waals surface area contributed by atoms with Crippen molar-refractivity contribution in [3.05, 3.63) is 74.4 Å². The van der Waals surface area contributed by atoms with Gasteiger partial charge in [0.05, 0.1) is 23.1 Å². The molecule has 0 N–H and O–H groups in total. The van der Waals surface area contributed by atoms with E-state index in [9.17, 15) is 19.7 Å². The van der Waals surface area contributed by atoms with E-state index in [-0.39, 0.29) is 21.8 Å². The van der Waals surface area contributed by atoms with Crippen molar-refractivity contribution in [3.8, 4) is 0 Å². The maximum atomic E-state index is 13.0. The first-order valence-electron chi connectivity index (χ1n) is 7.53. The smallest absolute Gasteiger partial charge is 0.340 e. The van der Waals surface area contributed by atoms with Crippen LogP contribution in [0.2, 0.25) is 5.02 Å². The van der Waals surface area contributed by atoms with Gasteiger partial charge in [-0.3, -0.25) is 19.5 Å². The largest absolute Gasteiger partial charge is 0.465 e. The van der Waals surface area contributed by atoms with Crippen molar-refractivity contribution in [3.63, 3.8) is 0 Å². The molecular weight excluding hydrogens is 360 g/mol. The molecule has 0 fully saturated rings. The van der Waals surface area contributed by atoms with Gasteiger partial charge in [0.1, 0.15) is 5.02 Å². The summed E-state index contributed by atoms with van der Waals surface area (Å²) in [5.41, 5.74) is 0.898. The van der Waals surface area contributed by atoms with Gasteiger partial charge >= 0.3 is 5.97 Å². The van der Waals surface area contributed by atoms with E-state index in [2.05, 4.69) is 0 Å². The molecule has 3 aromatic rings. The van der Waals surface area contributed by atoms with Crippen LogP contribution in [0.25, 0.3) is 10.9 Å². The second-order valence-electron chi connectivity index (χ2n) is 5.53. The average Bonchev–Trinajstić information content (AvgIpc) is 2.92. The van der Waals surface area contributed by atoms with Gasteiger partial charge in [-0.25, -0.2) is 4.79 Å². The van der Waals surface area contributed by atoms with Crippen LogP contribution in [0.1, 0.15) is 26.4 Å². The second-order valence-corrected chi connectivity index (χ2v) is 5.94. The van der Waals surface area contributed by atoms with Crippen LogP contribution in [0, 0.1) is 17.0 Å². The number of benzene rings is 2. The Morgan fingerprint density at radius 2 is 1.88 bits per heavy atom. The minimum atomic E-state index is -0.653. The Labute approximate surface area is 152 Å². The van der Waals surface area contributed by atoms with Crippen LogP contribution < -0.4 is 0 Å². The number of carbonyl (C=O) groups is 2. The Morgan fingerprint density at radius 3 is 2.54 bits per heavy atom. The zero-order chi connectivity index (χ0) is 19.0. The standard InChI is InChI=1S/C18H13ClN2O5/c1-10-16(18(23)26-2)12-5-3-4-6-14(12)20(10)17(22)11-7-8-13(19)15(9-11)21(24)25/h3-9H,1-2H3. The van der Waals surface area contributed by atoms with E-state index in [1.165, 1.54) is 23.8 Å². The van der Waals surface area contributed by atoms with E-state index in [0.29, 0.717) is 16.6 Å². The number of nitro benzene ring substituents is 1. The molecule has 3 rings (SSSR count). The lowest BCUT2D eigenvalue weighted by Crippen LogP contribution is -2.15. The summed E-state index contributed by atoms with van der Waals surface area (Å²) in [6, 6.07) is 10.7. The second kappa shape index (κ2) is 6.61. The Balaban J connectivity index is 2.25. The number of methoxy groups -OCH3 is 1. The molecule has 0 aliphatic rings. The number of nitro groups is 1. The lowest BCUT2D eigenvalue weighted by molar-refractivity contribution is -0.384. The molecule has 0 atom stereocenters. The fourth-order valence-corrected chi connectivity index (χ4v) is 3.09. The van der Waals surface area contributed by atoms with E-state index in [1.54, 1.807) is 31.2 Å². The number of nitrogens with zero attached hydrogens (tertiary/aromatic N) is 2. The highest BCUT2D eigenvalue weighted by Gasteiger charge is 2.25. The molecule has 1 aromatic heterocycles. The third kappa shape index (κ3) is 2.72. The molecule has 0 aliphatic carbocycles. The van der Waals surface area contributed by atoms with Gasteiger partial charge in [-0.15, -0.1) is 0 Å². The average molecular weight is 373 g/mol. The Hall–Kier alpha value is -3.19. The summed E-state index contributed by atoms with van der Waals surface area (Å²) in [4.78, 5) is 35.6. The monoisotopic (exact) mass is 372 g/mol. The summed E-state index contributed by atoms with van der Waals surface area (Å²) >= 11 is 5.81. The molecule has 0 aliphatic heterocycles. The fraction of sp³-hybridized carbons (Fsp3) is 0.111. The molecule has 0 amide bonds. The van der Waals surface area contributed by atoms with Crippen LogP contribution in [0.15, 0.2) is 42.5 Å². The molecule has 7 nitrogen and oxygen atoms in total. The highest BCUT2D eigenvalue weighted by atomic mass is 35.5. The minimum absolute atomic E-state index is 0.0594. The fourth-order valence-electron chi connectivity index (χ4n) is 2.90. The third-order valence-electron chi connectivity index (χ3n) is 4.09. The predicted octanol–water partition coefficient (Wildman–Crippen LogP) is 3.99. The van der Waals surface area contributed by atoms with Crippen LogP contribution in [-0.4, -0.2) is 28.5 Å². The Bertz CT molecular complexity index is 1070. The van der Waals surface area contributed by atoms with E-state index < -0.39 is 16.8 Å². The van der Waals surface area contributed by atoms with Gasteiger partial charge in [-0.1, -0.05) is 29.8 Å². The lowest BCUT2D eigenvalue weighted by atomic mass is 10.1. The molecular formula is C18H13ClN2O5. The topological polar surface area (TPSA) is 91.4 Å². The first-order valence-corrected chi connectivity index (χ1v) is 7.91. The normalized spacial score (nSPS) is 10.7. The molecule has 132 valence electrons. The molecule has 2 aromatic carbocycles. The number of carbonyl (C=O) groups excluding carboxylic acids is 2. The van der Waals surface area contributed by atoms with Gasteiger partial charge in [0, 0.05) is 22.7 Å². The third-order valence-corrected chi connectivity index (χ3v) is 4.41. The van der Waals surface area contributed by atoms with Crippen molar-refractivity contribution in [2.24, 2.45) is 0 Å². The summed E-state index contributed by atoms with van der Waals surface area (Å²) in [6.07, 6.45) is 0. The molecule has 26 heavy (non-hydrogen) atoms. The van der Waals surface area contributed by atoms with Crippen molar-refractivity contribution >= 4 is 40.1 Å². The number of para-hydroxylation sites is 1. The maximum absolute atomic E-state index is 13.0. The summed E-state index contributed by atoms with van der Waals surface area (Å²) < 4.78 is 6.16. The van der Waals surface area contributed by atoms with Crippen molar-refractivity contribution in [1.29, 1.82) is 0 Å². The lowest BCUT2D eigenvalue weighted by Gasteiger charge is -2.08. The number of aromatic nitrogens is 1. The SMILES string of the molecule is COC(=O)c1c(C)n(C(=O)c2ccc(Cl)c([N+](=O)[O-])c2)c2ccccc12. The van der Waals surface area contributed by atoms with Crippen LogP contribution >= 0.6 is 11.6 Å². The summed E-state index contributed by atoms with van der Waals surface area (Å²) in [5.74, 6) is -1.07. The molecule has 1 heterocycles. The number of halogens is 1. The first kappa shape index (κ1) is 17.6. The van der Waals surface area contributed by atoms with Crippen LogP contribution in [0.3, 0.4) is 0 Å². The van der Waals surface area contributed by atoms with Crippen molar-refractivity contribution < 1.29 is 19.2 Å². The Morgan fingerprint density at radius 1 is 1.19 bits per heavy atom. The van der Waals surface area contributed by atoms with Gasteiger partial charge < -0.3 is 4.74 Å². The number of fused-ring (bicyclic) bond motifs is 1. The van der Waals surface area contributed by atoms with E-state index in [1.807, 2.05) is 0 Å². The molecule has 0 saturated heterocycles. The summed E-state index contributed by atoms with van der Waals surface area (Å²) in [7, 11) is 1.26. The maximum Gasteiger partial charge on any atom is 0.340 e. The van der Waals surface area contributed by atoms with Crippen molar-refractivity contribution in [2.45, 2.75) is 6.92 Å². The van der Waals surface area contributed by atoms with Gasteiger partial charge in [-0.05, 0) is 25.1 Å². The summed E-state index contributed by atoms with van der Waals surface area (Å²) in [5, 5.41) is 11.6. The first-order chi connectivity index (χ1) is 12.4. The quantitative estimate of drug-likeness (QED) is 0.394. The highest BCUT2D eigenvalue weighted by Crippen LogP contribution is 2.29. The van der Waals surface area contributed by atoms with E-state index in [0.717, 1.165) is 6.07 Å². The number of esters is 1. The van der Waals surface area contributed by atoms with Gasteiger partial charge in [0.15, 0.2) is 0 Å². The molecule has 8 heteroatoms. The predicted molar refractivity (Wildman–Crippen MR) is 95.8 cm³/mol. The minimum Gasteiger partial charge on any atom is -0.465 e. The molecule has 0 saturated carbocycles. The van der Waals surface area contributed by atoms with Crippen molar-refractivity contribution in [1.82, 2.24) is 4.57 Å². The Kier molecular flexibility index (Phi) is 4.48. The van der Waals surface area contributed by atoms with Crippen LogP contribution in [0.4, 0.5) is 5.69 Å². The van der Waals surface area contributed by atoms with E-state index in [4.69, 9.17) is 16.3 Å². The zero-order valence-electron chi connectivity index (χ0n) is 13.9. The molecule has 0 unspecified atom stereocenters. The summed E-state index contributed by atoms with van der Waals surface area (Å²) in [6.45, 7) is 1.62. The van der Waals surface area contributed by atoms with E-state index >= 15 is 0 Å². The molecule has 0 spiro atoms. The molecule has 0 bridgehead atoms.